The van der Waals surface area contributed by atoms with Crippen LogP contribution < -0.4 is 5.32 Å². The molecule has 1 fully saturated rings. The maximum Gasteiger partial charge on any atom is 0.272 e. The first-order chi connectivity index (χ1) is 11.9. The van der Waals surface area contributed by atoms with E-state index in [1.54, 1.807) is 13.0 Å². The summed E-state index contributed by atoms with van der Waals surface area (Å²) in [5, 5.41) is 3.89. The number of aryl methyl sites for hydroxylation is 3. The summed E-state index contributed by atoms with van der Waals surface area (Å²) in [4.78, 5) is 23.3. The largest absolute Gasteiger partial charge is 0.339 e. The molecule has 2 aromatic rings. The average Bonchev–Trinajstić information content (AvgIpc) is 2.58. The first kappa shape index (κ1) is 17.7. The average molecular weight is 359 g/mol. The van der Waals surface area contributed by atoms with Crippen LogP contribution in [0.5, 0.6) is 0 Å². The SMILES string of the molecule is Cc1cc(C)c(Nc2cc(C(=O)N3CCCCC3)nc(C)n2)c(Cl)c1. The number of aromatic nitrogens is 2. The van der Waals surface area contributed by atoms with E-state index in [4.69, 9.17) is 11.6 Å². The van der Waals surface area contributed by atoms with Crippen molar-refractivity contribution in [2.24, 2.45) is 0 Å². The zero-order valence-corrected chi connectivity index (χ0v) is 15.7. The van der Waals surface area contributed by atoms with Crippen molar-refractivity contribution in [3.8, 4) is 0 Å². The molecule has 0 unspecified atom stereocenters. The van der Waals surface area contributed by atoms with E-state index in [1.807, 2.05) is 24.8 Å². The van der Waals surface area contributed by atoms with Gasteiger partial charge in [-0.25, -0.2) is 9.97 Å². The van der Waals surface area contributed by atoms with Gasteiger partial charge in [0.05, 0.1) is 10.7 Å². The molecule has 0 atom stereocenters. The Hall–Kier alpha value is -2.14. The van der Waals surface area contributed by atoms with Crippen LogP contribution in [0.15, 0.2) is 18.2 Å². The van der Waals surface area contributed by atoms with Crippen LogP contribution in [0.2, 0.25) is 5.02 Å². The van der Waals surface area contributed by atoms with Crippen molar-refractivity contribution in [2.75, 3.05) is 18.4 Å². The molecule has 2 heterocycles. The number of carbonyl (C=O) groups excluding carboxylic acids is 1. The van der Waals surface area contributed by atoms with E-state index in [0.717, 1.165) is 42.7 Å². The van der Waals surface area contributed by atoms with E-state index in [9.17, 15) is 4.79 Å². The normalized spacial score (nSPS) is 14.5. The lowest BCUT2D eigenvalue weighted by atomic mass is 10.1. The minimum absolute atomic E-state index is 0.0278. The molecule has 1 aliphatic rings. The standard InChI is InChI=1S/C19H23ClN4O/c1-12-9-13(2)18(15(20)10-12)23-17-11-16(21-14(3)22-17)19(25)24-7-5-4-6-8-24/h9-11H,4-8H2,1-3H3,(H,21,22,23). The maximum atomic E-state index is 12.7. The fourth-order valence-electron chi connectivity index (χ4n) is 3.20. The minimum Gasteiger partial charge on any atom is -0.339 e. The third kappa shape index (κ3) is 4.10. The number of hydrogen-bond donors (Lipinski definition) is 1. The Morgan fingerprint density at radius 2 is 1.80 bits per heavy atom. The maximum absolute atomic E-state index is 12.7. The van der Waals surface area contributed by atoms with Gasteiger partial charge in [-0.2, -0.15) is 0 Å². The van der Waals surface area contributed by atoms with E-state index in [0.29, 0.717) is 22.4 Å². The zero-order chi connectivity index (χ0) is 18.0. The second kappa shape index (κ2) is 7.40. The van der Waals surface area contributed by atoms with Crippen molar-refractivity contribution < 1.29 is 4.79 Å². The van der Waals surface area contributed by atoms with Gasteiger partial charge in [-0.15, -0.1) is 0 Å². The Bertz CT molecular complexity index is 777. The van der Waals surface area contributed by atoms with Gasteiger partial charge in [0, 0.05) is 19.2 Å². The molecule has 1 saturated heterocycles. The van der Waals surface area contributed by atoms with E-state index >= 15 is 0 Å². The number of rotatable bonds is 3. The van der Waals surface area contributed by atoms with Crippen LogP contribution >= 0.6 is 11.6 Å². The molecule has 1 amide bonds. The number of benzene rings is 1. The molecular formula is C19H23ClN4O. The third-order valence-corrected chi connectivity index (χ3v) is 4.68. The van der Waals surface area contributed by atoms with Crippen LogP contribution in [0.4, 0.5) is 11.5 Å². The number of anilines is 2. The highest BCUT2D eigenvalue weighted by Gasteiger charge is 2.20. The van der Waals surface area contributed by atoms with Crippen LogP contribution in [0.3, 0.4) is 0 Å². The van der Waals surface area contributed by atoms with Gasteiger partial charge in [0.25, 0.3) is 5.91 Å². The molecule has 0 radical (unpaired) electrons. The molecule has 0 aliphatic carbocycles. The number of halogens is 1. The van der Waals surface area contributed by atoms with Gasteiger partial charge in [0.1, 0.15) is 17.3 Å². The number of amides is 1. The van der Waals surface area contributed by atoms with Crippen molar-refractivity contribution in [3.63, 3.8) is 0 Å². The van der Waals surface area contributed by atoms with Gasteiger partial charge in [-0.3, -0.25) is 4.79 Å². The van der Waals surface area contributed by atoms with Crippen LogP contribution in [0, 0.1) is 20.8 Å². The van der Waals surface area contributed by atoms with Gasteiger partial charge >= 0.3 is 0 Å². The summed E-state index contributed by atoms with van der Waals surface area (Å²) >= 11 is 6.37. The van der Waals surface area contributed by atoms with Gasteiger partial charge in [0.15, 0.2) is 0 Å². The molecule has 1 aliphatic heterocycles. The van der Waals surface area contributed by atoms with Gasteiger partial charge in [-0.1, -0.05) is 17.7 Å². The molecule has 25 heavy (non-hydrogen) atoms. The Morgan fingerprint density at radius 1 is 1.08 bits per heavy atom. The molecule has 1 aromatic heterocycles. The lowest BCUT2D eigenvalue weighted by Gasteiger charge is -2.26. The van der Waals surface area contributed by atoms with Crippen molar-refractivity contribution in [1.29, 1.82) is 0 Å². The van der Waals surface area contributed by atoms with E-state index in [-0.39, 0.29) is 5.91 Å². The van der Waals surface area contributed by atoms with Crippen molar-refractivity contribution in [2.45, 2.75) is 40.0 Å². The number of nitrogens with one attached hydrogen (secondary N) is 1. The molecule has 0 saturated carbocycles. The van der Waals surface area contributed by atoms with E-state index in [2.05, 4.69) is 21.4 Å². The van der Waals surface area contributed by atoms with Crippen LogP contribution in [-0.4, -0.2) is 33.9 Å². The van der Waals surface area contributed by atoms with Gasteiger partial charge in [0.2, 0.25) is 0 Å². The third-order valence-electron chi connectivity index (χ3n) is 4.39. The summed E-state index contributed by atoms with van der Waals surface area (Å²) in [5.74, 6) is 1.12. The first-order valence-corrected chi connectivity index (χ1v) is 9.00. The minimum atomic E-state index is -0.0278. The Morgan fingerprint density at radius 3 is 2.48 bits per heavy atom. The Labute approximate surface area is 153 Å². The molecule has 0 bridgehead atoms. The van der Waals surface area contributed by atoms with E-state index in [1.165, 1.54) is 6.42 Å². The number of hydrogen-bond acceptors (Lipinski definition) is 4. The number of carbonyl (C=O) groups is 1. The summed E-state index contributed by atoms with van der Waals surface area (Å²) < 4.78 is 0. The van der Waals surface area contributed by atoms with Crippen molar-refractivity contribution in [1.82, 2.24) is 14.9 Å². The monoisotopic (exact) mass is 358 g/mol. The van der Waals surface area contributed by atoms with Crippen LogP contribution in [0.1, 0.15) is 46.7 Å². The predicted octanol–water partition coefficient (Wildman–Crippen LogP) is 4.42. The number of piperidine rings is 1. The summed E-state index contributed by atoms with van der Waals surface area (Å²) in [6, 6.07) is 5.67. The quantitative estimate of drug-likeness (QED) is 0.882. The fraction of sp³-hybridized carbons (Fsp3) is 0.421. The van der Waals surface area contributed by atoms with Crippen LogP contribution in [-0.2, 0) is 0 Å². The molecule has 1 N–H and O–H groups in total. The highest BCUT2D eigenvalue weighted by Crippen LogP contribution is 2.30. The predicted molar refractivity (Wildman–Crippen MR) is 101 cm³/mol. The van der Waals surface area contributed by atoms with Crippen molar-refractivity contribution >= 4 is 29.0 Å². The summed E-state index contributed by atoms with van der Waals surface area (Å²) in [7, 11) is 0. The van der Waals surface area contributed by atoms with Gasteiger partial charge in [-0.05, 0) is 57.2 Å². The molecule has 132 valence electrons. The molecular weight excluding hydrogens is 336 g/mol. The number of nitrogens with zero attached hydrogens (tertiary/aromatic N) is 3. The molecule has 1 aromatic carbocycles. The Balaban J connectivity index is 1.88. The fourth-order valence-corrected chi connectivity index (χ4v) is 3.57. The lowest BCUT2D eigenvalue weighted by molar-refractivity contribution is 0.0718. The molecule has 5 nitrogen and oxygen atoms in total. The topological polar surface area (TPSA) is 58.1 Å². The molecule has 6 heteroatoms. The zero-order valence-electron chi connectivity index (χ0n) is 14.9. The Kier molecular flexibility index (Phi) is 5.23. The second-order valence-electron chi connectivity index (χ2n) is 6.60. The highest BCUT2D eigenvalue weighted by atomic mass is 35.5. The van der Waals surface area contributed by atoms with Crippen molar-refractivity contribution in [3.05, 3.63) is 45.9 Å². The van der Waals surface area contributed by atoms with E-state index < -0.39 is 0 Å². The highest BCUT2D eigenvalue weighted by molar-refractivity contribution is 6.33. The summed E-state index contributed by atoms with van der Waals surface area (Å²) in [6.45, 7) is 7.39. The molecule has 3 rings (SSSR count). The summed E-state index contributed by atoms with van der Waals surface area (Å²) in [5.41, 5.74) is 3.37. The first-order valence-electron chi connectivity index (χ1n) is 8.63. The second-order valence-corrected chi connectivity index (χ2v) is 7.01. The van der Waals surface area contributed by atoms with Crippen LogP contribution in [0.25, 0.3) is 0 Å². The smallest absolute Gasteiger partial charge is 0.272 e. The van der Waals surface area contributed by atoms with Gasteiger partial charge < -0.3 is 10.2 Å². The summed E-state index contributed by atoms with van der Waals surface area (Å²) in [6.07, 6.45) is 3.29. The molecule has 0 spiro atoms. The number of likely N-dealkylation sites (tertiary alicyclic amines) is 1. The lowest BCUT2D eigenvalue weighted by Crippen LogP contribution is -2.36.